The van der Waals surface area contributed by atoms with Gasteiger partial charge in [0.2, 0.25) is 15.9 Å². The van der Waals surface area contributed by atoms with E-state index >= 15 is 0 Å². The molecular weight excluding hydrogens is 374 g/mol. The van der Waals surface area contributed by atoms with Crippen molar-refractivity contribution in [3.8, 4) is 5.88 Å². The van der Waals surface area contributed by atoms with Crippen LogP contribution in [0.4, 0.5) is 4.79 Å². The van der Waals surface area contributed by atoms with Crippen molar-refractivity contribution in [2.45, 2.75) is 50.9 Å². The zero-order valence-electron chi connectivity index (χ0n) is 15.1. The Hall–Kier alpha value is -1.19. The van der Waals surface area contributed by atoms with Crippen molar-refractivity contribution in [1.29, 1.82) is 0 Å². The van der Waals surface area contributed by atoms with Crippen LogP contribution >= 0.6 is 11.3 Å². The average molecular weight is 402 g/mol. The number of aromatic nitrogens is 1. The summed E-state index contributed by atoms with van der Waals surface area (Å²) in [7, 11) is -3.12. The molecule has 26 heavy (non-hydrogen) atoms. The number of hydrogen-bond acceptors (Lipinski definition) is 6. The van der Waals surface area contributed by atoms with Crippen LogP contribution in [-0.2, 0) is 10.0 Å². The van der Waals surface area contributed by atoms with Gasteiger partial charge in [-0.25, -0.2) is 22.5 Å². The molecule has 1 saturated heterocycles. The van der Waals surface area contributed by atoms with Gasteiger partial charge in [-0.3, -0.25) is 0 Å². The standard InChI is InChI=1S/C17H27N3O4S2/c1-26(22,23)20-9-7-14(8-10-20)16-19-15(12-25-16)24-17(21)18-11-13-5-3-2-4-6-13/h12-14H,2-11H2,1H3,(H,18,21). The fraction of sp³-hybridized carbons (Fsp3) is 0.765. The molecule has 0 unspecified atom stereocenters. The van der Waals surface area contributed by atoms with Crippen LogP contribution in [0.3, 0.4) is 0 Å². The molecule has 0 spiro atoms. The second-order valence-electron chi connectivity index (χ2n) is 7.23. The Morgan fingerprint density at radius 3 is 2.62 bits per heavy atom. The molecule has 9 heteroatoms. The predicted octanol–water partition coefficient (Wildman–Crippen LogP) is 2.95. The summed E-state index contributed by atoms with van der Waals surface area (Å²) in [6.07, 6.45) is 8.42. The summed E-state index contributed by atoms with van der Waals surface area (Å²) in [6.45, 7) is 1.70. The first-order chi connectivity index (χ1) is 12.4. The highest BCUT2D eigenvalue weighted by Crippen LogP contribution is 2.32. The Balaban J connectivity index is 1.45. The van der Waals surface area contributed by atoms with Crippen molar-refractivity contribution >= 4 is 27.5 Å². The van der Waals surface area contributed by atoms with Crippen molar-refractivity contribution in [2.75, 3.05) is 25.9 Å². The fourth-order valence-electron chi connectivity index (χ4n) is 3.69. The number of hydrogen-bond donors (Lipinski definition) is 1. The maximum absolute atomic E-state index is 12.0. The van der Waals surface area contributed by atoms with E-state index in [1.54, 1.807) is 5.38 Å². The summed E-state index contributed by atoms with van der Waals surface area (Å²) in [4.78, 5) is 16.4. The normalized spacial score (nSPS) is 20.8. The van der Waals surface area contributed by atoms with Gasteiger partial charge in [0.05, 0.1) is 16.6 Å². The smallest absolute Gasteiger partial charge is 0.390 e. The Morgan fingerprint density at radius 1 is 1.27 bits per heavy atom. The van der Waals surface area contributed by atoms with Crippen LogP contribution in [0.5, 0.6) is 5.88 Å². The molecular formula is C17H27N3O4S2. The number of thiazole rings is 1. The number of carbonyl (C=O) groups excluding carboxylic acids is 1. The molecule has 2 heterocycles. The molecule has 1 aliphatic heterocycles. The van der Waals surface area contributed by atoms with Crippen LogP contribution in [0, 0.1) is 5.92 Å². The number of piperidine rings is 1. The minimum absolute atomic E-state index is 0.223. The van der Waals surface area contributed by atoms with Gasteiger partial charge in [0.15, 0.2) is 0 Å². The second kappa shape index (κ2) is 8.67. The summed E-state index contributed by atoms with van der Waals surface area (Å²) < 4.78 is 30.0. The number of sulfonamides is 1. The van der Waals surface area contributed by atoms with Crippen molar-refractivity contribution in [1.82, 2.24) is 14.6 Å². The lowest BCUT2D eigenvalue weighted by atomic mass is 9.89. The molecule has 1 saturated carbocycles. The quantitative estimate of drug-likeness (QED) is 0.819. The summed E-state index contributed by atoms with van der Waals surface area (Å²) in [5, 5.41) is 5.50. The first kappa shape index (κ1) is 19.6. The van der Waals surface area contributed by atoms with E-state index in [1.807, 2.05) is 0 Å². The van der Waals surface area contributed by atoms with Gasteiger partial charge in [0.1, 0.15) is 0 Å². The van der Waals surface area contributed by atoms with E-state index in [-0.39, 0.29) is 5.92 Å². The zero-order valence-corrected chi connectivity index (χ0v) is 16.8. The number of amides is 1. The third kappa shape index (κ3) is 5.40. The van der Waals surface area contributed by atoms with Crippen molar-refractivity contribution in [2.24, 2.45) is 5.92 Å². The van der Waals surface area contributed by atoms with E-state index < -0.39 is 16.1 Å². The van der Waals surface area contributed by atoms with Gasteiger partial charge in [-0.15, -0.1) is 11.3 Å². The first-order valence-corrected chi connectivity index (χ1v) is 12.0. The first-order valence-electron chi connectivity index (χ1n) is 9.28. The van der Waals surface area contributed by atoms with E-state index in [4.69, 9.17) is 4.74 Å². The Morgan fingerprint density at radius 2 is 1.96 bits per heavy atom. The third-order valence-electron chi connectivity index (χ3n) is 5.23. The maximum Gasteiger partial charge on any atom is 0.413 e. The lowest BCUT2D eigenvalue weighted by Gasteiger charge is -2.28. The zero-order chi connectivity index (χ0) is 18.6. The molecule has 0 atom stereocenters. The van der Waals surface area contributed by atoms with Gasteiger partial charge in [0, 0.05) is 25.6 Å². The van der Waals surface area contributed by atoms with Crippen LogP contribution < -0.4 is 10.1 Å². The minimum atomic E-state index is -3.12. The van der Waals surface area contributed by atoms with Crippen molar-refractivity contribution < 1.29 is 17.9 Å². The lowest BCUT2D eigenvalue weighted by molar-refractivity contribution is 0.194. The molecule has 1 aromatic rings. The van der Waals surface area contributed by atoms with E-state index in [2.05, 4.69) is 10.3 Å². The topological polar surface area (TPSA) is 88.6 Å². The van der Waals surface area contributed by atoms with Gasteiger partial charge in [-0.05, 0) is 31.6 Å². The number of nitrogens with zero attached hydrogens (tertiary/aromatic N) is 2. The highest BCUT2D eigenvalue weighted by Gasteiger charge is 2.27. The summed E-state index contributed by atoms with van der Waals surface area (Å²) in [5.41, 5.74) is 0. The van der Waals surface area contributed by atoms with E-state index in [0.29, 0.717) is 31.4 Å². The fourth-order valence-corrected chi connectivity index (χ4v) is 5.46. The molecule has 1 amide bonds. The SMILES string of the molecule is CS(=O)(=O)N1CCC(c2nc(OC(=O)NCC3CCCCC3)cs2)CC1. The van der Waals surface area contributed by atoms with E-state index in [0.717, 1.165) is 17.8 Å². The molecule has 0 aromatic carbocycles. The monoisotopic (exact) mass is 401 g/mol. The van der Waals surface area contributed by atoms with Gasteiger partial charge in [-0.2, -0.15) is 0 Å². The molecule has 2 aliphatic rings. The molecule has 2 fully saturated rings. The molecule has 0 radical (unpaired) electrons. The van der Waals surface area contributed by atoms with Gasteiger partial charge < -0.3 is 10.1 Å². The average Bonchev–Trinajstić information content (AvgIpc) is 3.09. The van der Waals surface area contributed by atoms with Crippen LogP contribution in [0.2, 0.25) is 0 Å². The number of ether oxygens (including phenoxy) is 1. The predicted molar refractivity (Wildman–Crippen MR) is 101 cm³/mol. The Labute approximate surface area is 159 Å². The lowest BCUT2D eigenvalue weighted by Crippen LogP contribution is -2.37. The maximum atomic E-state index is 12.0. The van der Waals surface area contributed by atoms with E-state index in [1.165, 1.54) is 54.0 Å². The molecule has 146 valence electrons. The van der Waals surface area contributed by atoms with Crippen molar-refractivity contribution in [3.63, 3.8) is 0 Å². The molecule has 3 rings (SSSR count). The third-order valence-corrected chi connectivity index (χ3v) is 7.52. The van der Waals surface area contributed by atoms with Crippen LogP contribution in [-0.4, -0.2) is 49.7 Å². The van der Waals surface area contributed by atoms with Crippen LogP contribution in [0.1, 0.15) is 55.9 Å². The second-order valence-corrected chi connectivity index (χ2v) is 10.1. The molecule has 7 nitrogen and oxygen atoms in total. The summed E-state index contributed by atoms with van der Waals surface area (Å²) in [6, 6.07) is 0. The van der Waals surface area contributed by atoms with Crippen LogP contribution in [0.15, 0.2) is 5.38 Å². The number of nitrogens with one attached hydrogen (secondary N) is 1. The summed E-state index contributed by atoms with van der Waals surface area (Å²) in [5.74, 6) is 1.11. The summed E-state index contributed by atoms with van der Waals surface area (Å²) >= 11 is 1.47. The van der Waals surface area contributed by atoms with Gasteiger partial charge in [-0.1, -0.05) is 19.3 Å². The van der Waals surface area contributed by atoms with Crippen molar-refractivity contribution in [3.05, 3.63) is 10.4 Å². The Bertz CT molecular complexity index is 705. The highest BCUT2D eigenvalue weighted by atomic mass is 32.2. The molecule has 1 N–H and O–H groups in total. The van der Waals surface area contributed by atoms with Gasteiger partial charge in [0.25, 0.3) is 0 Å². The van der Waals surface area contributed by atoms with E-state index in [9.17, 15) is 13.2 Å². The molecule has 0 bridgehead atoms. The van der Waals surface area contributed by atoms with Crippen LogP contribution in [0.25, 0.3) is 0 Å². The molecule has 1 aromatic heterocycles. The largest absolute Gasteiger partial charge is 0.413 e. The molecule has 1 aliphatic carbocycles. The Kier molecular flexibility index (Phi) is 6.52. The minimum Gasteiger partial charge on any atom is -0.390 e. The number of rotatable bonds is 5. The van der Waals surface area contributed by atoms with Gasteiger partial charge >= 0.3 is 6.09 Å². The number of carbonyl (C=O) groups is 1. The highest BCUT2D eigenvalue weighted by molar-refractivity contribution is 7.88.